The maximum absolute atomic E-state index is 12.2. The van der Waals surface area contributed by atoms with E-state index < -0.39 is 5.97 Å². The molecule has 2 rings (SSSR count). The number of rotatable bonds is 7. The van der Waals surface area contributed by atoms with Crippen LogP contribution in [0.25, 0.3) is 5.76 Å². The Balaban J connectivity index is 2.38. The number of carbonyl (C=O) groups excluding carboxylic acids is 1. The molecule has 0 amide bonds. The molecule has 0 unspecified atom stereocenters. The Morgan fingerprint density at radius 1 is 1.28 bits per heavy atom. The molecule has 0 aliphatic carbocycles. The van der Waals surface area contributed by atoms with Gasteiger partial charge in [-0.15, -0.1) is 0 Å². The Kier molecular flexibility index (Phi) is 6.22. The third-order valence-corrected chi connectivity index (χ3v) is 3.32. The number of aliphatic hydroxyl groups is 1. The zero-order valence-electron chi connectivity index (χ0n) is 14.1. The fraction of sp³-hybridized carbons (Fsp3) is 0.222. The van der Waals surface area contributed by atoms with E-state index in [4.69, 9.17) is 19.6 Å². The molecular weight excluding hydrogens is 324 g/mol. The van der Waals surface area contributed by atoms with Gasteiger partial charge < -0.3 is 24.7 Å². The van der Waals surface area contributed by atoms with Crippen LogP contribution in [0.15, 0.2) is 57.6 Å². The van der Waals surface area contributed by atoms with E-state index in [9.17, 15) is 9.90 Å². The van der Waals surface area contributed by atoms with Crippen molar-refractivity contribution in [3.05, 3.63) is 59.6 Å². The largest absolute Gasteiger partial charge is 0.506 e. The summed E-state index contributed by atoms with van der Waals surface area (Å²) in [5.41, 5.74) is 6.12. The molecule has 0 fully saturated rings. The fourth-order valence-electron chi connectivity index (χ4n) is 2.06. The predicted molar refractivity (Wildman–Crippen MR) is 93.2 cm³/mol. The molecule has 7 nitrogen and oxygen atoms in total. The Bertz CT molecular complexity index is 761. The fourth-order valence-corrected chi connectivity index (χ4v) is 2.06. The molecule has 7 heteroatoms. The summed E-state index contributed by atoms with van der Waals surface area (Å²) < 4.78 is 15.2. The highest BCUT2D eigenvalue weighted by Gasteiger charge is 2.22. The van der Waals surface area contributed by atoms with Crippen LogP contribution in [-0.2, 0) is 16.1 Å². The van der Waals surface area contributed by atoms with Crippen molar-refractivity contribution in [2.45, 2.75) is 13.5 Å². The first-order valence-corrected chi connectivity index (χ1v) is 7.64. The number of hydrogen-bond acceptors (Lipinski definition) is 6. The van der Waals surface area contributed by atoms with Gasteiger partial charge in [0.15, 0.2) is 0 Å². The molecule has 1 heterocycles. The number of aliphatic hydroxyl groups excluding tert-OH is 1. The summed E-state index contributed by atoms with van der Waals surface area (Å²) in [6, 6.07) is 9.97. The molecule has 1 aromatic carbocycles. The summed E-state index contributed by atoms with van der Waals surface area (Å²) in [7, 11) is 1.54. The second-order valence-corrected chi connectivity index (χ2v) is 4.95. The summed E-state index contributed by atoms with van der Waals surface area (Å²) in [6.07, 6.45) is 1.51. The molecule has 0 saturated heterocycles. The highest BCUT2D eigenvalue weighted by Crippen LogP contribution is 2.21. The van der Waals surface area contributed by atoms with E-state index in [1.54, 1.807) is 43.3 Å². The summed E-state index contributed by atoms with van der Waals surface area (Å²) in [6.45, 7) is 1.94. The number of ether oxygens (including phenoxy) is 2. The molecule has 3 N–H and O–H groups in total. The molecule has 0 aliphatic rings. The first-order valence-electron chi connectivity index (χ1n) is 7.64. The SMILES string of the molecule is CCOC(=O)/C(C(N)=NCc1ccco1)=C(/O)c1ccc(OC)cc1. The van der Waals surface area contributed by atoms with E-state index in [-0.39, 0.29) is 30.3 Å². The molecule has 25 heavy (non-hydrogen) atoms. The van der Waals surface area contributed by atoms with E-state index in [0.29, 0.717) is 17.1 Å². The molecular formula is C18H20N2O5. The molecule has 1 aromatic heterocycles. The van der Waals surface area contributed by atoms with Gasteiger partial charge >= 0.3 is 5.97 Å². The predicted octanol–water partition coefficient (Wildman–Crippen LogP) is 2.68. The number of amidine groups is 1. The summed E-state index contributed by atoms with van der Waals surface area (Å²) >= 11 is 0. The molecule has 0 spiro atoms. The van der Waals surface area contributed by atoms with Gasteiger partial charge in [0.1, 0.15) is 28.7 Å². The number of hydrogen-bond donors (Lipinski definition) is 2. The number of benzene rings is 1. The number of carbonyl (C=O) groups is 1. The smallest absolute Gasteiger partial charge is 0.345 e. The van der Waals surface area contributed by atoms with Crippen LogP contribution in [-0.4, -0.2) is 30.6 Å². The number of methoxy groups -OCH3 is 1. The first kappa shape index (κ1) is 18.1. The van der Waals surface area contributed by atoms with Crippen molar-refractivity contribution in [3.63, 3.8) is 0 Å². The van der Waals surface area contributed by atoms with Crippen LogP contribution in [0.3, 0.4) is 0 Å². The van der Waals surface area contributed by atoms with Crippen LogP contribution >= 0.6 is 0 Å². The molecule has 0 bridgehead atoms. The van der Waals surface area contributed by atoms with Crippen molar-refractivity contribution in [2.75, 3.05) is 13.7 Å². The third kappa shape index (κ3) is 4.63. The standard InChI is InChI=1S/C18H20N2O5/c1-3-24-18(22)15(17(19)20-11-14-5-4-10-25-14)16(21)12-6-8-13(23-2)9-7-12/h4-10,21H,3,11H2,1-2H3,(H2,19,20)/b16-15+. The normalized spacial score (nSPS) is 12.5. The zero-order chi connectivity index (χ0) is 18.2. The minimum atomic E-state index is -0.753. The average molecular weight is 344 g/mol. The van der Waals surface area contributed by atoms with Crippen LogP contribution in [0.2, 0.25) is 0 Å². The maximum Gasteiger partial charge on any atom is 0.345 e. The molecule has 0 atom stereocenters. The van der Waals surface area contributed by atoms with Gasteiger partial charge in [-0.3, -0.25) is 4.99 Å². The van der Waals surface area contributed by atoms with Gasteiger partial charge in [-0.05, 0) is 43.3 Å². The zero-order valence-corrected chi connectivity index (χ0v) is 14.1. The van der Waals surface area contributed by atoms with Crippen LogP contribution in [0.4, 0.5) is 0 Å². The van der Waals surface area contributed by atoms with Gasteiger partial charge in [0.25, 0.3) is 0 Å². The average Bonchev–Trinajstić information content (AvgIpc) is 3.14. The van der Waals surface area contributed by atoms with Crippen molar-refractivity contribution >= 4 is 17.6 Å². The van der Waals surface area contributed by atoms with Crippen LogP contribution in [0.5, 0.6) is 5.75 Å². The van der Waals surface area contributed by atoms with E-state index >= 15 is 0 Å². The van der Waals surface area contributed by atoms with Gasteiger partial charge in [-0.25, -0.2) is 4.79 Å². The maximum atomic E-state index is 12.2. The third-order valence-electron chi connectivity index (χ3n) is 3.32. The van der Waals surface area contributed by atoms with Gasteiger partial charge in [0.05, 0.1) is 26.5 Å². The van der Waals surface area contributed by atoms with Crippen molar-refractivity contribution in [1.29, 1.82) is 0 Å². The van der Waals surface area contributed by atoms with Crippen molar-refractivity contribution < 1.29 is 23.8 Å². The monoisotopic (exact) mass is 344 g/mol. The molecule has 2 aromatic rings. The van der Waals surface area contributed by atoms with Gasteiger partial charge in [0, 0.05) is 5.56 Å². The topological polar surface area (TPSA) is 107 Å². The lowest BCUT2D eigenvalue weighted by Gasteiger charge is -2.10. The minimum absolute atomic E-state index is 0.136. The van der Waals surface area contributed by atoms with Crippen LogP contribution in [0.1, 0.15) is 18.2 Å². The Hall–Kier alpha value is -3.22. The van der Waals surface area contributed by atoms with Crippen LogP contribution in [0, 0.1) is 0 Å². The van der Waals surface area contributed by atoms with Crippen molar-refractivity contribution in [2.24, 2.45) is 10.7 Å². The lowest BCUT2D eigenvalue weighted by Crippen LogP contribution is -2.25. The number of nitrogens with zero attached hydrogens (tertiary/aromatic N) is 1. The highest BCUT2D eigenvalue weighted by atomic mass is 16.5. The number of nitrogens with two attached hydrogens (primary N) is 1. The molecule has 0 radical (unpaired) electrons. The quantitative estimate of drug-likeness (QED) is 0.263. The molecule has 132 valence electrons. The lowest BCUT2D eigenvalue weighted by molar-refractivity contribution is -0.137. The van der Waals surface area contributed by atoms with Crippen LogP contribution < -0.4 is 10.5 Å². The van der Waals surface area contributed by atoms with Crippen molar-refractivity contribution in [3.8, 4) is 5.75 Å². The number of furan rings is 1. The van der Waals surface area contributed by atoms with E-state index in [2.05, 4.69) is 4.99 Å². The van der Waals surface area contributed by atoms with Gasteiger partial charge in [0.2, 0.25) is 0 Å². The Morgan fingerprint density at radius 3 is 2.56 bits per heavy atom. The first-order chi connectivity index (χ1) is 12.1. The minimum Gasteiger partial charge on any atom is -0.506 e. The van der Waals surface area contributed by atoms with E-state index in [0.717, 1.165) is 0 Å². The summed E-state index contributed by atoms with van der Waals surface area (Å²) in [5.74, 6) is -0.00901. The van der Waals surface area contributed by atoms with E-state index in [1.807, 2.05) is 0 Å². The molecule has 0 aliphatic heterocycles. The van der Waals surface area contributed by atoms with E-state index in [1.165, 1.54) is 13.4 Å². The number of esters is 1. The second kappa shape index (κ2) is 8.58. The number of aliphatic imine (C=N–C) groups is 1. The van der Waals surface area contributed by atoms with Gasteiger partial charge in [-0.2, -0.15) is 0 Å². The van der Waals surface area contributed by atoms with Crippen molar-refractivity contribution in [1.82, 2.24) is 0 Å². The summed E-state index contributed by atoms with van der Waals surface area (Å²) in [5, 5.41) is 10.5. The Morgan fingerprint density at radius 2 is 2.00 bits per heavy atom. The Labute approximate surface area is 145 Å². The second-order valence-electron chi connectivity index (χ2n) is 4.95. The summed E-state index contributed by atoms with van der Waals surface area (Å²) in [4.78, 5) is 16.3. The highest BCUT2D eigenvalue weighted by molar-refractivity contribution is 6.22. The van der Waals surface area contributed by atoms with Gasteiger partial charge in [-0.1, -0.05) is 0 Å². The lowest BCUT2D eigenvalue weighted by atomic mass is 10.1. The molecule has 0 saturated carbocycles.